The number of hydrogen-bond acceptors (Lipinski definition) is 1. The molecule has 0 atom stereocenters. The number of aromatic amines is 1. The van der Waals surface area contributed by atoms with Gasteiger partial charge >= 0.3 is 0 Å². The number of rotatable bonds is 1. The first-order valence-electron chi connectivity index (χ1n) is 5.24. The van der Waals surface area contributed by atoms with Crippen molar-refractivity contribution in [3.05, 3.63) is 51.7 Å². The van der Waals surface area contributed by atoms with Gasteiger partial charge in [-0.3, -0.25) is 4.98 Å². The molecule has 0 aliphatic heterocycles. The molecule has 0 saturated heterocycles. The highest BCUT2D eigenvalue weighted by molar-refractivity contribution is 6.49. The molecule has 0 fully saturated rings. The van der Waals surface area contributed by atoms with Gasteiger partial charge in [-0.25, -0.2) is 0 Å². The average Bonchev–Trinajstić information content (AvgIpc) is 2.83. The van der Waals surface area contributed by atoms with Crippen LogP contribution in [0, 0.1) is 0 Å². The van der Waals surface area contributed by atoms with Crippen molar-refractivity contribution < 1.29 is 0 Å². The molecule has 0 spiro atoms. The van der Waals surface area contributed by atoms with Crippen LogP contribution >= 0.6 is 34.8 Å². The maximum atomic E-state index is 6.20. The minimum absolute atomic E-state index is 0.363. The Morgan fingerprint density at radius 3 is 2.67 bits per heavy atom. The van der Waals surface area contributed by atoms with E-state index in [0.29, 0.717) is 15.1 Å². The van der Waals surface area contributed by atoms with Gasteiger partial charge in [-0.2, -0.15) is 0 Å². The maximum absolute atomic E-state index is 6.20. The quantitative estimate of drug-likeness (QED) is 0.615. The second kappa shape index (κ2) is 4.47. The summed E-state index contributed by atoms with van der Waals surface area (Å²) in [5, 5.41) is 1.25. The van der Waals surface area contributed by atoms with E-state index in [1.165, 1.54) is 0 Å². The van der Waals surface area contributed by atoms with Gasteiger partial charge in [0, 0.05) is 23.5 Å². The van der Waals surface area contributed by atoms with Gasteiger partial charge in [-0.05, 0) is 18.2 Å². The highest BCUT2D eigenvalue weighted by Crippen LogP contribution is 2.38. The van der Waals surface area contributed by atoms with E-state index in [9.17, 15) is 0 Å². The van der Waals surface area contributed by atoms with Crippen LogP contribution in [0.2, 0.25) is 15.1 Å². The van der Waals surface area contributed by atoms with Crippen LogP contribution in [0.1, 0.15) is 0 Å². The third-order valence-corrected chi connectivity index (χ3v) is 4.04. The fraction of sp³-hybridized carbons (Fsp3) is 0. The molecule has 2 nitrogen and oxygen atoms in total. The van der Waals surface area contributed by atoms with Gasteiger partial charge in [0.15, 0.2) is 0 Å². The first-order chi connectivity index (χ1) is 8.66. The lowest BCUT2D eigenvalue weighted by Crippen LogP contribution is -1.84. The lowest BCUT2D eigenvalue weighted by Gasteiger charge is -2.07. The van der Waals surface area contributed by atoms with E-state index in [4.69, 9.17) is 34.8 Å². The van der Waals surface area contributed by atoms with Gasteiger partial charge in [-0.1, -0.05) is 40.9 Å². The molecule has 1 aromatic carbocycles. The fourth-order valence-electron chi connectivity index (χ4n) is 1.83. The standard InChI is InChI=1S/C13H7Cl3N2/c14-9-2-1-8(12(15)13(9)16)7-5-11-10(18-6-7)3-4-17-11/h1-6,17H. The Bertz CT molecular complexity index is 734. The highest BCUT2D eigenvalue weighted by atomic mass is 35.5. The Kier molecular flexibility index (Phi) is 2.94. The van der Waals surface area contributed by atoms with Gasteiger partial charge in [0.05, 0.1) is 26.1 Å². The molecule has 0 unspecified atom stereocenters. The Balaban J connectivity index is 2.22. The molecule has 5 heteroatoms. The molecule has 0 radical (unpaired) electrons. The largest absolute Gasteiger partial charge is 0.360 e. The second-order valence-corrected chi connectivity index (χ2v) is 5.02. The van der Waals surface area contributed by atoms with Gasteiger partial charge in [0.2, 0.25) is 0 Å². The van der Waals surface area contributed by atoms with E-state index in [-0.39, 0.29) is 0 Å². The molecule has 0 amide bonds. The van der Waals surface area contributed by atoms with Crippen LogP contribution in [-0.4, -0.2) is 9.97 Å². The lowest BCUT2D eigenvalue weighted by atomic mass is 10.1. The first-order valence-corrected chi connectivity index (χ1v) is 6.37. The molecule has 2 aromatic heterocycles. The van der Waals surface area contributed by atoms with Gasteiger partial charge in [0.25, 0.3) is 0 Å². The molecule has 2 heterocycles. The van der Waals surface area contributed by atoms with Crippen LogP contribution in [0.3, 0.4) is 0 Å². The summed E-state index contributed by atoms with van der Waals surface area (Å²) in [7, 11) is 0. The number of H-pyrrole nitrogens is 1. The Morgan fingerprint density at radius 1 is 1.00 bits per heavy atom. The predicted molar refractivity (Wildman–Crippen MR) is 76.6 cm³/mol. The number of pyridine rings is 1. The van der Waals surface area contributed by atoms with E-state index < -0.39 is 0 Å². The zero-order chi connectivity index (χ0) is 12.7. The van der Waals surface area contributed by atoms with Crippen molar-refractivity contribution in [2.75, 3.05) is 0 Å². The summed E-state index contributed by atoms with van der Waals surface area (Å²) >= 11 is 18.2. The van der Waals surface area contributed by atoms with E-state index in [2.05, 4.69) is 9.97 Å². The van der Waals surface area contributed by atoms with Crippen LogP contribution in [0.5, 0.6) is 0 Å². The molecular weight excluding hydrogens is 291 g/mol. The van der Waals surface area contributed by atoms with Crippen molar-refractivity contribution in [1.82, 2.24) is 9.97 Å². The molecule has 3 rings (SSSR count). The van der Waals surface area contributed by atoms with Crippen molar-refractivity contribution in [2.45, 2.75) is 0 Å². The van der Waals surface area contributed by atoms with Crippen molar-refractivity contribution in [3.63, 3.8) is 0 Å². The van der Waals surface area contributed by atoms with Gasteiger partial charge in [-0.15, -0.1) is 0 Å². The van der Waals surface area contributed by atoms with Crippen molar-refractivity contribution in [3.8, 4) is 11.1 Å². The summed E-state index contributed by atoms with van der Waals surface area (Å²) in [6, 6.07) is 7.45. The monoisotopic (exact) mass is 296 g/mol. The summed E-state index contributed by atoms with van der Waals surface area (Å²) in [4.78, 5) is 7.46. The smallest absolute Gasteiger partial charge is 0.0879 e. The van der Waals surface area contributed by atoms with Crippen LogP contribution in [0.4, 0.5) is 0 Å². The third kappa shape index (κ3) is 1.87. The summed E-state index contributed by atoms with van der Waals surface area (Å²) in [6.45, 7) is 0. The molecule has 0 bridgehead atoms. The molecular formula is C13H7Cl3N2. The number of aromatic nitrogens is 2. The lowest BCUT2D eigenvalue weighted by molar-refractivity contribution is 1.40. The van der Waals surface area contributed by atoms with Gasteiger partial charge in [0.1, 0.15) is 0 Å². The Morgan fingerprint density at radius 2 is 1.83 bits per heavy atom. The molecule has 18 heavy (non-hydrogen) atoms. The SMILES string of the molecule is Clc1ccc(-c2cnc3cc[nH]c3c2)c(Cl)c1Cl. The van der Waals surface area contributed by atoms with Crippen molar-refractivity contribution in [2.24, 2.45) is 0 Å². The molecule has 0 saturated carbocycles. The predicted octanol–water partition coefficient (Wildman–Crippen LogP) is 5.19. The summed E-state index contributed by atoms with van der Waals surface area (Å²) < 4.78 is 0. The van der Waals surface area contributed by atoms with Crippen LogP contribution in [-0.2, 0) is 0 Å². The van der Waals surface area contributed by atoms with Crippen molar-refractivity contribution in [1.29, 1.82) is 0 Å². The number of fused-ring (bicyclic) bond motifs is 1. The fourth-order valence-corrected chi connectivity index (χ4v) is 2.47. The van der Waals surface area contributed by atoms with Crippen LogP contribution < -0.4 is 0 Å². The summed E-state index contributed by atoms with van der Waals surface area (Å²) in [5.41, 5.74) is 3.58. The van der Waals surface area contributed by atoms with E-state index in [1.54, 1.807) is 12.3 Å². The molecule has 90 valence electrons. The third-order valence-electron chi connectivity index (χ3n) is 2.74. The average molecular weight is 298 g/mol. The highest BCUT2D eigenvalue weighted by Gasteiger charge is 2.11. The van der Waals surface area contributed by atoms with Crippen LogP contribution in [0.25, 0.3) is 22.2 Å². The molecule has 3 aromatic rings. The minimum Gasteiger partial charge on any atom is -0.360 e. The first kappa shape index (κ1) is 11.8. The maximum Gasteiger partial charge on any atom is 0.0879 e. The van der Waals surface area contributed by atoms with E-state index >= 15 is 0 Å². The minimum atomic E-state index is 0.363. The second-order valence-electron chi connectivity index (χ2n) is 3.86. The molecule has 0 aliphatic rings. The van der Waals surface area contributed by atoms with Crippen LogP contribution in [0.15, 0.2) is 36.7 Å². The van der Waals surface area contributed by atoms with E-state index in [1.807, 2.05) is 24.4 Å². The van der Waals surface area contributed by atoms with Gasteiger partial charge < -0.3 is 4.98 Å². The van der Waals surface area contributed by atoms with Crippen molar-refractivity contribution >= 4 is 45.8 Å². The zero-order valence-electron chi connectivity index (χ0n) is 9.05. The number of nitrogens with zero attached hydrogens (tertiary/aromatic N) is 1. The zero-order valence-corrected chi connectivity index (χ0v) is 11.3. The number of halogens is 3. The Labute approximate surface area is 119 Å². The molecule has 0 aliphatic carbocycles. The van der Waals surface area contributed by atoms with E-state index in [0.717, 1.165) is 22.2 Å². The number of nitrogens with one attached hydrogen (secondary N) is 1. The number of benzene rings is 1. The molecule has 1 N–H and O–H groups in total. The topological polar surface area (TPSA) is 28.7 Å². The normalized spacial score (nSPS) is 11.1. The number of hydrogen-bond donors (Lipinski definition) is 1. The summed E-state index contributed by atoms with van der Waals surface area (Å²) in [5.74, 6) is 0. The Hall–Kier alpha value is -1.22. The summed E-state index contributed by atoms with van der Waals surface area (Å²) in [6.07, 6.45) is 3.61.